The fourth-order valence-electron chi connectivity index (χ4n) is 6.21. The number of hydrogen-bond acceptors (Lipinski definition) is 8. The number of likely N-dealkylation sites (tertiary alicyclic amines) is 1. The minimum absolute atomic E-state index is 0.0596. The second-order valence-electron chi connectivity index (χ2n) is 11.9. The number of amides is 4. The molecule has 4 fully saturated rings. The minimum atomic E-state index is -1.34. The lowest BCUT2D eigenvalue weighted by Gasteiger charge is -2.38. The summed E-state index contributed by atoms with van der Waals surface area (Å²) in [6.07, 6.45) is -5.05. The number of nitrogens with zero attached hydrogens (tertiary/aromatic N) is 3. The zero-order valence-electron chi connectivity index (χ0n) is 23.7. The monoisotopic (exact) mass is 595 g/mol. The van der Waals surface area contributed by atoms with Crippen LogP contribution in [0.5, 0.6) is 0 Å². The molecule has 0 spiro atoms. The Morgan fingerprint density at radius 2 is 1.86 bits per heavy atom. The molecule has 4 N–H and O–H groups in total. The number of rotatable bonds is 3. The molecule has 14 heteroatoms. The van der Waals surface area contributed by atoms with Gasteiger partial charge >= 0.3 is 6.03 Å². The Kier molecular flexibility index (Phi) is 9.28. The molecule has 7 atom stereocenters. The first-order chi connectivity index (χ1) is 20.0. The molecule has 1 aromatic rings. The van der Waals surface area contributed by atoms with Gasteiger partial charge in [-0.3, -0.25) is 14.5 Å². The fraction of sp³-hybridized carbons (Fsp3) is 0.679. The van der Waals surface area contributed by atoms with Crippen LogP contribution < -0.4 is 10.6 Å². The summed E-state index contributed by atoms with van der Waals surface area (Å²) >= 11 is 0. The molecule has 42 heavy (non-hydrogen) atoms. The Morgan fingerprint density at radius 1 is 1.10 bits per heavy atom. The lowest BCUT2D eigenvalue weighted by Crippen LogP contribution is -2.56. The normalized spacial score (nSPS) is 32.8. The van der Waals surface area contributed by atoms with Crippen molar-refractivity contribution in [3.8, 4) is 0 Å². The maximum Gasteiger partial charge on any atom is 0.317 e. The lowest BCUT2D eigenvalue weighted by atomic mass is 10.0. The summed E-state index contributed by atoms with van der Waals surface area (Å²) in [5.41, 5.74) is 0.485. The van der Waals surface area contributed by atoms with Crippen LogP contribution in [0.2, 0.25) is 0 Å². The summed E-state index contributed by atoms with van der Waals surface area (Å²) in [6, 6.07) is 1.95. The van der Waals surface area contributed by atoms with Gasteiger partial charge in [-0.1, -0.05) is 6.07 Å². The summed E-state index contributed by atoms with van der Waals surface area (Å²) in [6.45, 7) is 4.90. The van der Waals surface area contributed by atoms with Crippen LogP contribution in [0.3, 0.4) is 0 Å². The SMILES string of the molecule is CC(C)NC(=O)N1C[C@@H]2CN(CCO2)C(=O)[C@@H]2C[C@@H](CN2Cc2ccc(F)c(F)c2)NC(=O)C[C@@H]2O[C@H](C1)[C@@H](O)[C@H]2O. The number of aliphatic hydroxyl groups excluding tert-OH is 2. The van der Waals surface area contributed by atoms with E-state index in [1.807, 2.05) is 18.7 Å². The maximum absolute atomic E-state index is 14.0. The molecule has 0 unspecified atom stereocenters. The van der Waals surface area contributed by atoms with Crippen LogP contribution in [0.15, 0.2) is 18.2 Å². The molecule has 0 saturated carbocycles. The molecular weight excluding hydrogens is 556 g/mol. The third-order valence-corrected chi connectivity index (χ3v) is 8.25. The van der Waals surface area contributed by atoms with Gasteiger partial charge in [0, 0.05) is 38.3 Å². The molecule has 6 bridgehead atoms. The maximum atomic E-state index is 14.0. The van der Waals surface area contributed by atoms with E-state index in [1.165, 1.54) is 11.0 Å². The van der Waals surface area contributed by atoms with Gasteiger partial charge in [0.1, 0.15) is 18.3 Å². The van der Waals surface area contributed by atoms with Crippen LogP contribution in [0.1, 0.15) is 32.3 Å². The number of carbonyl (C=O) groups is 3. The van der Waals surface area contributed by atoms with Crippen molar-refractivity contribution in [2.75, 3.05) is 39.3 Å². The first-order valence-electron chi connectivity index (χ1n) is 14.4. The van der Waals surface area contributed by atoms with Crippen LogP contribution in [-0.4, -0.2) is 131 Å². The Morgan fingerprint density at radius 3 is 2.60 bits per heavy atom. The van der Waals surface area contributed by atoms with Crippen LogP contribution >= 0.6 is 0 Å². The van der Waals surface area contributed by atoms with E-state index in [0.29, 0.717) is 18.5 Å². The number of benzene rings is 1. The quantitative estimate of drug-likeness (QED) is 0.369. The highest BCUT2D eigenvalue weighted by Gasteiger charge is 2.46. The number of halogens is 2. The number of hydrogen-bond donors (Lipinski definition) is 4. The average molecular weight is 596 g/mol. The van der Waals surface area contributed by atoms with Gasteiger partial charge in [-0.05, 0) is 38.0 Å². The molecular formula is C28H39F2N5O7. The molecule has 4 aliphatic rings. The zero-order valence-corrected chi connectivity index (χ0v) is 23.7. The van der Waals surface area contributed by atoms with Crippen molar-refractivity contribution in [3.63, 3.8) is 0 Å². The van der Waals surface area contributed by atoms with Crippen LogP contribution in [0.25, 0.3) is 0 Å². The standard InChI is InChI=1S/C28H39F2N5O7/c1-15(2)31-28(40)35-13-18-12-33(5-6-41-18)27(39)21-8-17(11-34(21)10-16-3-4-19(29)20(30)7-16)32-24(36)9-22-25(37)26(38)23(14-35)42-22/h3-4,7,15,17-18,21-23,25-26,37-38H,5-6,8-14H2,1-2H3,(H,31,40)(H,32,36)/t17-,18-,21-,22-,23+,25-,26+/m0/s1. The van der Waals surface area contributed by atoms with Gasteiger partial charge in [-0.2, -0.15) is 0 Å². The number of urea groups is 1. The van der Waals surface area contributed by atoms with E-state index in [-0.39, 0.29) is 57.7 Å². The van der Waals surface area contributed by atoms with Gasteiger partial charge < -0.3 is 40.1 Å². The van der Waals surface area contributed by atoms with Gasteiger partial charge in [0.25, 0.3) is 0 Å². The van der Waals surface area contributed by atoms with Crippen molar-refractivity contribution in [1.29, 1.82) is 0 Å². The lowest BCUT2D eigenvalue weighted by molar-refractivity contribution is -0.144. The molecule has 0 aliphatic carbocycles. The molecule has 1 aromatic carbocycles. The summed E-state index contributed by atoms with van der Waals surface area (Å²) in [5, 5.41) is 27.1. The predicted molar refractivity (Wildman–Crippen MR) is 144 cm³/mol. The molecule has 0 aromatic heterocycles. The third-order valence-electron chi connectivity index (χ3n) is 8.25. The highest BCUT2D eigenvalue weighted by atomic mass is 19.2. The molecule has 12 nitrogen and oxygen atoms in total. The Bertz CT molecular complexity index is 1180. The van der Waals surface area contributed by atoms with E-state index in [1.54, 1.807) is 4.90 Å². The summed E-state index contributed by atoms with van der Waals surface area (Å²) in [5.74, 6) is -2.55. The highest BCUT2D eigenvalue weighted by molar-refractivity contribution is 5.83. The topological polar surface area (TPSA) is 144 Å². The number of fused-ring (bicyclic) bond motifs is 6. The van der Waals surface area contributed by atoms with Gasteiger partial charge in [0.2, 0.25) is 11.8 Å². The summed E-state index contributed by atoms with van der Waals surface area (Å²) < 4.78 is 39.3. The number of aliphatic hydroxyl groups is 2. The molecule has 0 radical (unpaired) electrons. The minimum Gasteiger partial charge on any atom is -0.388 e. The summed E-state index contributed by atoms with van der Waals surface area (Å²) in [7, 11) is 0. The number of morpholine rings is 1. The van der Waals surface area contributed by atoms with Crippen molar-refractivity contribution < 1.29 is 42.9 Å². The van der Waals surface area contributed by atoms with Crippen molar-refractivity contribution in [1.82, 2.24) is 25.3 Å². The molecule has 4 amide bonds. The second kappa shape index (κ2) is 12.8. The number of ether oxygens (including phenoxy) is 2. The first-order valence-corrected chi connectivity index (χ1v) is 14.4. The van der Waals surface area contributed by atoms with Crippen LogP contribution in [-0.2, 0) is 25.6 Å². The van der Waals surface area contributed by atoms with E-state index in [4.69, 9.17) is 9.47 Å². The van der Waals surface area contributed by atoms with Crippen LogP contribution in [0.4, 0.5) is 13.6 Å². The third kappa shape index (κ3) is 6.83. The van der Waals surface area contributed by atoms with Crippen LogP contribution in [0, 0.1) is 11.6 Å². The first kappa shape index (κ1) is 30.5. The largest absolute Gasteiger partial charge is 0.388 e. The smallest absolute Gasteiger partial charge is 0.317 e. The Balaban J connectivity index is 1.41. The van der Waals surface area contributed by atoms with Crippen molar-refractivity contribution in [2.24, 2.45) is 0 Å². The van der Waals surface area contributed by atoms with Gasteiger partial charge in [0.05, 0.1) is 44.4 Å². The van der Waals surface area contributed by atoms with Gasteiger partial charge in [-0.15, -0.1) is 0 Å². The molecule has 4 heterocycles. The van der Waals surface area contributed by atoms with E-state index in [9.17, 15) is 33.4 Å². The second-order valence-corrected chi connectivity index (χ2v) is 11.9. The van der Waals surface area contributed by atoms with E-state index >= 15 is 0 Å². The zero-order chi connectivity index (χ0) is 30.1. The number of carbonyl (C=O) groups excluding carboxylic acids is 3. The average Bonchev–Trinajstić information content (AvgIpc) is 3.44. The van der Waals surface area contributed by atoms with E-state index in [0.717, 1.165) is 12.1 Å². The Labute approximate surface area is 242 Å². The van der Waals surface area contributed by atoms with E-state index < -0.39 is 66.2 Å². The van der Waals surface area contributed by atoms with Crippen molar-refractivity contribution in [3.05, 3.63) is 35.4 Å². The highest BCUT2D eigenvalue weighted by Crippen LogP contribution is 2.28. The van der Waals surface area contributed by atoms with E-state index in [2.05, 4.69) is 10.6 Å². The molecule has 232 valence electrons. The van der Waals surface area contributed by atoms with Gasteiger partial charge in [0.15, 0.2) is 11.6 Å². The van der Waals surface area contributed by atoms with Crippen molar-refractivity contribution >= 4 is 17.8 Å². The Hall–Kier alpha value is -2.91. The molecule has 4 aliphatic heterocycles. The van der Waals surface area contributed by atoms with Gasteiger partial charge in [-0.25, -0.2) is 13.6 Å². The summed E-state index contributed by atoms with van der Waals surface area (Å²) in [4.78, 5) is 45.0. The van der Waals surface area contributed by atoms with Crippen molar-refractivity contribution in [2.45, 2.75) is 81.9 Å². The fourth-order valence-corrected chi connectivity index (χ4v) is 6.21. The molecule has 4 saturated heterocycles. The molecule has 5 rings (SSSR count). The number of nitrogens with one attached hydrogen (secondary N) is 2. The predicted octanol–water partition coefficient (Wildman–Crippen LogP) is -0.436.